The highest BCUT2D eigenvalue weighted by Gasteiger charge is 2.37. The summed E-state index contributed by atoms with van der Waals surface area (Å²) in [7, 11) is 0. The molecule has 1 aliphatic heterocycles. The molecular weight excluding hydrogens is 204 g/mol. The highest BCUT2D eigenvalue weighted by atomic mass is 16.5. The average molecular weight is 228 g/mol. The van der Waals surface area contributed by atoms with Crippen molar-refractivity contribution in [1.82, 2.24) is 0 Å². The Balaban J connectivity index is 1.83. The van der Waals surface area contributed by atoms with E-state index in [-0.39, 0.29) is 0 Å². The molecule has 0 aromatic carbocycles. The van der Waals surface area contributed by atoms with Crippen molar-refractivity contribution in [1.29, 1.82) is 0 Å². The van der Waals surface area contributed by atoms with E-state index in [1.54, 1.807) is 0 Å². The Morgan fingerprint density at radius 3 is 2.38 bits per heavy atom. The van der Waals surface area contributed by atoms with E-state index in [1.807, 2.05) is 0 Å². The van der Waals surface area contributed by atoms with Crippen LogP contribution in [-0.2, 0) is 4.74 Å². The van der Waals surface area contributed by atoms with Gasteiger partial charge in [0.1, 0.15) is 0 Å². The molecule has 0 spiro atoms. The topological polar surface area (TPSA) is 49.7 Å². The summed E-state index contributed by atoms with van der Waals surface area (Å²) in [6.45, 7) is 1.63. The van der Waals surface area contributed by atoms with Crippen molar-refractivity contribution in [3.63, 3.8) is 0 Å². The summed E-state index contributed by atoms with van der Waals surface area (Å²) in [4.78, 5) is 0. The van der Waals surface area contributed by atoms with Crippen molar-refractivity contribution in [3.8, 4) is 0 Å². The third kappa shape index (κ3) is 2.96. The molecule has 2 fully saturated rings. The van der Waals surface area contributed by atoms with Crippen molar-refractivity contribution < 1.29 is 14.9 Å². The predicted octanol–water partition coefficient (Wildman–Crippen LogP) is 1.86. The second-order valence-corrected chi connectivity index (χ2v) is 5.47. The maximum atomic E-state index is 10.4. The molecule has 0 radical (unpaired) electrons. The van der Waals surface area contributed by atoms with Crippen LogP contribution in [0.5, 0.6) is 0 Å². The molecule has 1 aliphatic carbocycles. The lowest BCUT2D eigenvalue weighted by Gasteiger charge is -2.38. The average Bonchev–Trinajstić information content (AvgIpc) is 2.31. The fraction of sp³-hybridized carbons (Fsp3) is 1.00. The molecule has 1 heterocycles. The zero-order valence-electron chi connectivity index (χ0n) is 10.0. The van der Waals surface area contributed by atoms with Crippen LogP contribution in [0.4, 0.5) is 0 Å². The first-order chi connectivity index (χ1) is 7.71. The second kappa shape index (κ2) is 5.48. The summed E-state index contributed by atoms with van der Waals surface area (Å²) < 4.78 is 5.31. The van der Waals surface area contributed by atoms with Crippen molar-refractivity contribution >= 4 is 0 Å². The third-order valence-electron chi connectivity index (χ3n) is 4.24. The van der Waals surface area contributed by atoms with Crippen molar-refractivity contribution in [2.45, 2.75) is 63.1 Å². The van der Waals surface area contributed by atoms with Gasteiger partial charge in [0.05, 0.1) is 11.7 Å². The summed E-state index contributed by atoms with van der Waals surface area (Å²) >= 11 is 0. The lowest BCUT2D eigenvalue weighted by atomic mass is 9.77. The highest BCUT2D eigenvalue weighted by Crippen LogP contribution is 2.34. The zero-order chi connectivity index (χ0) is 11.4. The first-order valence-electron chi connectivity index (χ1n) is 6.69. The van der Waals surface area contributed by atoms with Gasteiger partial charge in [0.25, 0.3) is 0 Å². The lowest BCUT2D eigenvalue weighted by Crippen LogP contribution is -2.45. The molecule has 0 aromatic heterocycles. The van der Waals surface area contributed by atoms with Gasteiger partial charge < -0.3 is 14.9 Å². The van der Waals surface area contributed by atoms with Crippen molar-refractivity contribution in [3.05, 3.63) is 0 Å². The van der Waals surface area contributed by atoms with Gasteiger partial charge in [-0.2, -0.15) is 0 Å². The Hall–Kier alpha value is -0.120. The van der Waals surface area contributed by atoms with Crippen LogP contribution < -0.4 is 0 Å². The van der Waals surface area contributed by atoms with Gasteiger partial charge in [0, 0.05) is 13.2 Å². The van der Waals surface area contributed by atoms with Crippen LogP contribution in [0, 0.1) is 5.92 Å². The molecule has 16 heavy (non-hydrogen) atoms. The fourth-order valence-electron chi connectivity index (χ4n) is 3.01. The summed E-state index contributed by atoms with van der Waals surface area (Å²) in [5.41, 5.74) is -0.795. The van der Waals surface area contributed by atoms with E-state index in [0.717, 1.165) is 58.2 Å². The SMILES string of the molecule is OC(CC1CCOCC1)C1(O)CCCCC1. The Labute approximate surface area is 97.8 Å². The van der Waals surface area contributed by atoms with Gasteiger partial charge in [-0.15, -0.1) is 0 Å². The number of hydrogen-bond acceptors (Lipinski definition) is 3. The maximum Gasteiger partial charge on any atom is 0.0905 e. The molecule has 1 saturated heterocycles. The number of ether oxygens (including phenoxy) is 1. The van der Waals surface area contributed by atoms with E-state index in [1.165, 1.54) is 6.42 Å². The van der Waals surface area contributed by atoms with Crippen LogP contribution in [-0.4, -0.2) is 35.1 Å². The molecule has 1 atom stereocenters. The molecule has 2 aliphatic rings. The van der Waals surface area contributed by atoms with Crippen molar-refractivity contribution in [2.24, 2.45) is 5.92 Å². The molecular formula is C13H24O3. The Bertz CT molecular complexity index is 205. The standard InChI is InChI=1S/C13H24O3/c14-12(10-11-4-8-16-9-5-11)13(15)6-2-1-3-7-13/h11-12,14-15H,1-10H2. The van der Waals surface area contributed by atoms with Gasteiger partial charge in [0.15, 0.2) is 0 Å². The zero-order valence-corrected chi connectivity index (χ0v) is 10.0. The molecule has 3 nitrogen and oxygen atoms in total. The van der Waals surface area contributed by atoms with Gasteiger partial charge in [0.2, 0.25) is 0 Å². The summed E-state index contributed by atoms with van der Waals surface area (Å²) in [5.74, 6) is 0.537. The third-order valence-corrected chi connectivity index (χ3v) is 4.24. The Kier molecular flexibility index (Phi) is 4.22. The number of aliphatic hydroxyl groups excluding tert-OH is 1. The fourth-order valence-corrected chi connectivity index (χ4v) is 3.01. The first-order valence-corrected chi connectivity index (χ1v) is 6.69. The predicted molar refractivity (Wildman–Crippen MR) is 62.2 cm³/mol. The van der Waals surface area contributed by atoms with E-state index < -0.39 is 11.7 Å². The minimum absolute atomic E-state index is 0.532. The van der Waals surface area contributed by atoms with E-state index in [9.17, 15) is 10.2 Å². The van der Waals surface area contributed by atoms with Gasteiger partial charge in [-0.25, -0.2) is 0 Å². The molecule has 2 rings (SSSR count). The Morgan fingerprint density at radius 2 is 1.75 bits per heavy atom. The second-order valence-electron chi connectivity index (χ2n) is 5.47. The summed E-state index contributed by atoms with van der Waals surface area (Å²) in [6.07, 6.45) is 7.15. The largest absolute Gasteiger partial charge is 0.390 e. The molecule has 0 bridgehead atoms. The lowest BCUT2D eigenvalue weighted by molar-refractivity contribution is -0.109. The van der Waals surface area contributed by atoms with Crippen LogP contribution in [0.15, 0.2) is 0 Å². The van der Waals surface area contributed by atoms with E-state index >= 15 is 0 Å². The minimum atomic E-state index is -0.795. The highest BCUT2D eigenvalue weighted by molar-refractivity contribution is 4.90. The van der Waals surface area contributed by atoms with E-state index in [2.05, 4.69) is 0 Å². The molecule has 3 heteroatoms. The molecule has 2 N–H and O–H groups in total. The van der Waals surface area contributed by atoms with Crippen LogP contribution in [0.25, 0.3) is 0 Å². The van der Waals surface area contributed by atoms with Gasteiger partial charge in [-0.1, -0.05) is 19.3 Å². The molecule has 94 valence electrons. The van der Waals surface area contributed by atoms with Gasteiger partial charge >= 0.3 is 0 Å². The molecule has 0 aromatic rings. The number of rotatable bonds is 3. The first kappa shape index (κ1) is 12.3. The molecule has 1 unspecified atom stereocenters. The monoisotopic (exact) mass is 228 g/mol. The van der Waals surface area contributed by atoms with Gasteiger partial charge in [-0.3, -0.25) is 0 Å². The summed E-state index contributed by atoms with van der Waals surface area (Å²) in [6, 6.07) is 0. The maximum absolute atomic E-state index is 10.4. The summed E-state index contributed by atoms with van der Waals surface area (Å²) in [5, 5.41) is 20.6. The quantitative estimate of drug-likeness (QED) is 0.775. The molecule has 1 saturated carbocycles. The van der Waals surface area contributed by atoms with E-state index in [0.29, 0.717) is 5.92 Å². The van der Waals surface area contributed by atoms with Crippen LogP contribution in [0.1, 0.15) is 51.4 Å². The minimum Gasteiger partial charge on any atom is -0.390 e. The van der Waals surface area contributed by atoms with Crippen LogP contribution in [0.3, 0.4) is 0 Å². The smallest absolute Gasteiger partial charge is 0.0905 e. The van der Waals surface area contributed by atoms with Crippen LogP contribution >= 0.6 is 0 Å². The van der Waals surface area contributed by atoms with Gasteiger partial charge in [-0.05, 0) is 38.0 Å². The normalized spacial score (nSPS) is 28.9. The number of aliphatic hydroxyl groups is 2. The molecule has 0 amide bonds. The van der Waals surface area contributed by atoms with Crippen LogP contribution in [0.2, 0.25) is 0 Å². The number of hydrogen-bond donors (Lipinski definition) is 2. The van der Waals surface area contributed by atoms with E-state index in [4.69, 9.17) is 4.74 Å². The Morgan fingerprint density at radius 1 is 1.12 bits per heavy atom. The van der Waals surface area contributed by atoms with Crippen molar-refractivity contribution in [2.75, 3.05) is 13.2 Å².